The molecule has 0 unspecified atom stereocenters. The fourth-order valence-electron chi connectivity index (χ4n) is 1.20. The minimum absolute atomic E-state index is 0.155. The second-order valence-electron chi connectivity index (χ2n) is 2.68. The minimum Gasteiger partial charge on any atom is -0.478 e. The summed E-state index contributed by atoms with van der Waals surface area (Å²) >= 11 is 3.22. The first-order valence-electron chi connectivity index (χ1n) is 3.82. The number of hydrogen-bond acceptors (Lipinski definition) is 3. The highest BCUT2D eigenvalue weighted by atomic mass is 79.9. The van der Waals surface area contributed by atoms with E-state index in [2.05, 4.69) is 25.9 Å². The summed E-state index contributed by atoms with van der Waals surface area (Å²) in [6.07, 6.45) is 3.00. The van der Waals surface area contributed by atoms with Crippen LogP contribution in [0.4, 0.5) is 0 Å². The molecule has 0 bridgehead atoms. The molecule has 1 aromatic heterocycles. The van der Waals surface area contributed by atoms with E-state index < -0.39 is 5.97 Å². The Balaban J connectivity index is 2.87. The molecule has 0 aliphatic rings. The molecular formula is C9H5BrN2O2. The van der Waals surface area contributed by atoms with Gasteiger partial charge < -0.3 is 5.11 Å². The predicted octanol–water partition coefficient (Wildman–Crippen LogP) is 2.09. The summed E-state index contributed by atoms with van der Waals surface area (Å²) in [5.41, 5.74) is 1.13. The van der Waals surface area contributed by atoms with Gasteiger partial charge in [0.2, 0.25) is 0 Å². The maximum absolute atomic E-state index is 10.9. The van der Waals surface area contributed by atoms with Crippen molar-refractivity contribution in [3.63, 3.8) is 0 Å². The van der Waals surface area contributed by atoms with Gasteiger partial charge in [0.05, 0.1) is 11.1 Å². The Kier molecular flexibility index (Phi) is 2.17. The molecule has 4 nitrogen and oxygen atoms in total. The molecule has 0 saturated heterocycles. The molecule has 2 rings (SSSR count). The molecule has 0 radical (unpaired) electrons. The number of nitrogens with zero attached hydrogens (tertiary/aromatic N) is 2. The van der Waals surface area contributed by atoms with Gasteiger partial charge in [-0.05, 0) is 12.1 Å². The molecule has 2 aromatic rings. The van der Waals surface area contributed by atoms with Crippen molar-refractivity contribution in [3.05, 3.63) is 34.6 Å². The van der Waals surface area contributed by atoms with Crippen molar-refractivity contribution in [2.75, 3.05) is 0 Å². The van der Waals surface area contributed by atoms with Gasteiger partial charge in [-0.25, -0.2) is 4.79 Å². The van der Waals surface area contributed by atoms with Crippen molar-refractivity contribution in [1.82, 2.24) is 9.97 Å². The molecule has 1 heterocycles. The fourth-order valence-corrected chi connectivity index (χ4v) is 1.65. The van der Waals surface area contributed by atoms with Gasteiger partial charge in [0, 0.05) is 16.9 Å². The summed E-state index contributed by atoms with van der Waals surface area (Å²) in [6.45, 7) is 0. The minimum atomic E-state index is -1.00. The third kappa shape index (κ3) is 1.46. The first-order valence-corrected chi connectivity index (χ1v) is 4.61. The first kappa shape index (κ1) is 9.08. The lowest BCUT2D eigenvalue weighted by atomic mass is 10.2. The van der Waals surface area contributed by atoms with Gasteiger partial charge in [0.25, 0.3) is 0 Å². The third-order valence-corrected chi connectivity index (χ3v) is 2.23. The van der Waals surface area contributed by atoms with Crippen molar-refractivity contribution >= 4 is 32.9 Å². The fraction of sp³-hybridized carbons (Fsp3) is 0. The second kappa shape index (κ2) is 3.34. The van der Waals surface area contributed by atoms with Gasteiger partial charge in [-0.3, -0.25) is 9.97 Å². The number of carboxylic acid groups (broad SMARTS) is 1. The smallest absolute Gasteiger partial charge is 0.338 e. The number of benzene rings is 1. The molecule has 0 aliphatic heterocycles. The molecule has 0 fully saturated rings. The third-order valence-electron chi connectivity index (χ3n) is 1.77. The number of aromatic carboxylic acids is 1. The lowest BCUT2D eigenvalue weighted by Crippen LogP contribution is -1.99. The topological polar surface area (TPSA) is 63.1 Å². The standard InChI is InChI=1S/C9H5BrN2O2/c10-5-3-6(9(13)14)8-7(4-5)11-1-2-12-8/h1-4H,(H,13,14). The molecule has 5 heteroatoms. The van der Waals surface area contributed by atoms with E-state index in [1.807, 2.05) is 0 Å². The summed E-state index contributed by atoms with van der Waals surface area (Å²) < 4.78 is 0.683. The van der Waals surface area contributed by atoms with E-state index in [1.165, 1.54) is 18.5 Å². The van der Waals surface area contributed by atoms with Crippen LogP contribution in [-0.2, 0) is 0 Å². The maximum atomic E-state index is 10.9. The molecule has 0 atom stereocenters. The molecular weight excluding hydrogens is 248 g/mol. The van der Waals surface area contributed by atoms with Gasteiger partial charge >= 0.3 is 5.97 Å². The molecule has 14 heavy (non-hydrogen) atoms. The summed E-state index contributed by atoms with van der Waals surface area (Å²) in [5, 5.41) is 8.92. The van der Waals surface area contributed by atoms with Gasteiger partial charge in [0.1, 0.15) is 5.52 Å². The predicted molar refractivity (Wildman–Crippen MR) is 54.2 cm³/mol. The molecule has 0 spiro atoms. The summed E-state index contributed by atoms with van der Waals surface area (Å²) in [6, 6.07) is 3.24. The van der Waals surface area contributed by atoms with Crippen molar-refractivity contribution in [2.45, 2.75) is 0 Å². The van der Waals surface area contributed by atoms with Crippen molar-refractivity contribution in [1.29, 1.82) is 0 Å². The zero-order valence-corrected chi connectivity index (χ0v) is 8.52. The number of hydrogen-bond donors (Lipinski definition) is 1. The van der Waals surface area contributed by atoms with Crippen molar-refractivity contribution in [3.8, 4) is 0 Å². The number of aromatic nitrogens is 2. The largest absolute Gasteiger partial charge is 0.478 e. The number of rotatable bonds is 1. The Bertz CT molecular complexity index is 513. The van der Waals surface area contributed by atoms with Crippen LogP contribution >= 0.6 is 15.9 Å². The zero-order chi connectivity index (χ0) is 10.1. The second-order valence-corrected chi connectivity index (χ2v) is 3.60. The molecule has 0 amide bonds. The lowest BCUT2D eigenvalue weighted by Gasteiger charge is -2.00. The van der Waals surface area contributed by atoms with Crippen LogP contribution in [0.15, 0.2) is 29.0 Å². The Morgan fingerprint density at radius 3 is 2.71 bits per heavy atom. The quantitative estimate of drug-likeness (QED) is 0.845. The van der Waals surface area contributed by atoms with E-state index in [0.29, 0.717) is 15.5 Å². The van der Waals surface area contributed by atoms with Gasteiger partial charge in [-0.15, -0.1) is 0 Å². The van der Waals surface area contributed by atoms with Crippen LogP contribution in [-0.4, -0.2) is 21.0 Å². The van der Waals surface area contributed by atoms with E-state index in [0.717, 1.165) is 0 Å². The Hall–Kier alpha value is -1.49. The van der Waals surface area contributed by atoms with Crippen LogP contribution in [0, 0.1) is 0 Å². The van der Waals surface area contributed by atoms with Crippen LogP contribution < -0.4 is 0 Å². The summed E-state index contributed by atoms with van der Waals surface area (Å²) in [4.78, 5) is 18.9. The van der Waals surface area contributed by atoms with Crippen LogP contribution in [0.3, 0.4) is 0 Å². The molecule has 0 aliphatic carbocycles. The van der Waals surface area contributed by atoms with Crippen LogP contribution in [0.1, 0.15) is 10.4 Å². The Morgan fingerprint density at radius 2 is 2.00 bits per heavy atom. The van der Waals surface area contributed by atoms with Crippen molar-refractivity contribution < 1.29 is 9.90 Å². The van der Waals surface area contributed by atoms with E-state index >= 15 is 0 Å². The van der Waals surface area contributed by atoms with Crippen LogP contribution in [0.2, 0.25) is 0 Å². The normalized spacial score (nSPS) is 10.4. The molecule has 0 saturated carbocycles. The average molecular weight is 253 g/mol. The zero-order valence-electron chi connectivity index (χ0n) is 6.94. The van der Waals surface area contributed by atoms with Gasteiger partial charge in [0.15, 0.2) is 0 Å². The monoisotopic (exact) mass is 252 g/mol. The highest BCUT2D eigenvalue weighted by Gasteiger charge is 2.10. The maximum Gasteiger partial charge on any atom is 0.338 e. The number of fused-ring (bicyclic) bond motifs is 1. The SMILES string of the molecule is O=C(O)c1cc(Br)cc2nccnc12. The molecule has 70 valence electrons. The first-order chi connectivity index (χ1) is 6.68. The highest BCUT2D eigenvalue weighted by Crippen LogP contribution is 2.20. The lowest BCUT2D eigenvalue weighted by molar-refractivity contribution is 0.0698. The number of carbonyl (C=O) groups is 1. The van der Waals surface area contributed by atoms with Crippen LogP contribution in [0.25, 0.3) is 11.0 Å². The summed E-state index contributed by atoms with van der Waals surface area (Å²) in [7, 11) is 0. The number of halogens is 1. The van der Waals surface area contributed by atoms with Gasteiger partial charge in [-0.1, -0.05) is 15.9 Å². The molecule has 1 N–H and O–H groups in total. The molecule has 1 aromatic carbocycles. The number of carboxylic acids is 1. The van der Waals surface area contributed by atoms with Crippen molar-refractivity contribution in [2.24, 2.45) is 0 Å². The van der Waals surface area contributed by atoms with E-state index in [4.69, 9.17) is 5.11 Å². The van der Waals surface area contributed by atoms with Gasteiger partial charge in [-0.2, -0.15) is 0 Å². The van der Waals surface area contributed by atoms with E-state index in [9.17, 15) is 4.79 Å². The highest BCUT2D eigenvalue weighted by molar-refractivity contribution is 9.10. The van der Waals surface area contributed by atoms with E-state index in [-0.39, 0.29) is 5.56 Å². The average Bonchev–Trinajstić information content (AvgIpc) is 2.16. The van der Waals surface area contributed by atoms with E-state index in [1.54, 1.807) is 6.07 Å². The van der Waals surface area contributed by atoms with Crippen LogP contribution in [0.5, 0.6) is 0 Å². The Morgan fingerprint density at radius 1 is 1.29 bits per heavy atom. The Labute approximate surface area is 87.7 Å². The summed E-state index contributed by atoms with van der Waals surface area (Å²) in [5.74, 6) is -1.00.